The average molecular weight is 1330 g/mol. The fourth-order valence-corrected chi connectivity index (χ4v) is 15.0. The lowest BCUT2D eigenvalue weighted by atomic mass is 9.33. The van der Waals surface area contributed by atoms with Crippen LogP contribution in [0.4, 0.5) is 34.1 Å². The molecule has 4 heterocycles. The molecule has 14 aromatic rings. The standard InChI is InChI=1S/C96H95BN4/c1-91(2,3)66-45-63(46-67(54-66)92(4,5)6)60-29-27-31-72(51-60)99-86-53-62(65-49-70(95(13,14)15)56-71(50-65)96(16,17)18)41-43-80(86)97-81-44-42-74(98-82-37-23-19-33-76(82)77-34-20-24-38-83(77)98)57-87(81)100(73-32-28-30-61(52-73)64-47-68(93(7,8)9)55-69(48-64)94(10,11)12)89-59-75(58-88(99)90(89)97)101-84-39-25-21-35-78(84)79-36-22-26-40-85(79)101/h19-59H,1-18H3/i19D,20D,21D,22D,23D,24D,25D,26D,33D,34D,35D,36D,37D,38D,39D,40D. The van der Waals surface area contributed by atoms with Crippen LogP contribution in [0.5, 0.6) is 0 Å². The normalized spacial score (nSPS) is 15.8. The minimum Gasteiger partial charge on any atom is -0.311 e. The molecule has 0 saturated carbocycles. The summed E-state index contributed by atoms with van der Waals surface area (Å²) in [6.45, 7) is 39.2. The van der Waals surface area contributed by atoms with Gasteiger partial charge in [-0.2, -0.15) is 0 Å². The lowest BCUT2D eigenvalue weighted by Crippen LogP contribution is -2.61. The highest BCUT2D eigenvalue weighted by molar-refractivity contribution is 7.00. The molecule has 5 heteroatoms. The molecule has 0 aliphatic carbocycles. The molecule has 16 rings (SSSR count). The Kier molecular flexibility index (Phi) is 11.4. The van der Waals surface area contributed by atoms with Crippen LogP contribution in [0.3, 0.4) is 0 Å². The molecule has 0 N–H and O–H groups in total. The molecular formula is C96H95BN4. The average Bonchev–Trinajstić information content (AvgIpc) is 1.68. The summed E-state index contributed by atoms with van der Waals surface area (Å²) in [5.41, 5.74) is 17.4. The molecule has 2 aliphatic rings. The largest absolute Gasteiger partial charge is 0.311 e. The Morgan fingerprint density at radius 1 is 0.257 bits per heavy atom. The van der Waals surface area contributed by atoms with E-state index in [0.717, 1.165) is 94.5 Å². The zero-order valence-corrected chi connectivity index (χ0v) is 61.3. The molecule has 0 atom stereocenters. The Labute approximate surface area is 622 Å². The third-order valence-electron chi connectivity index (χ3n) is 20.8. The second-order valence-electron chi connectivity index (χ2n) is 34.1. The highest BCUT2D eigenvalue weighted by Crippen LogP contribution is 2.50. The zero-order chi connectivity index (χ0) is 84.7. The van der Waals surface area contributed by atoms with Gasteiger partial charge in [0.05, 0.1) is 49.7 Å². The summed E-state index contributed by atoms with van der Waals surface area (Å²) in [7, 11) is 0. The predicted molar refractivity (Wildman–Crippen MR) is 438 cm³/mol. The Morgan fingerprint density at radius 2 is 0.554 bits per heavy atom. The van der Waals surface area contributed by atoms with Gasteiger partial charge < -0.3 is 18.9 Å². The second-order valence-corrected chi connectivity index (χ2v) is 34.1. The SMILES string of the molecule is [2H]c1c([2H])c([2H])c2c(c1[2H])c1c([2H])c([2H])c([2H])c([2H])c1n2-c1ccc2c(c1)N(c1cccc(-c3cc(C(C)(C)C)cc(C(C)(C)C)c3)c1)c1cc(-n3c4c([2H])c([2H])c([2H])c([2H])c4c4c([2H])c([2H])c([2H])c([2H])c43)cc3c1B2c1ccc(-c2cc(C(C)(C)C)cc(C(C)(C)C)c2)cc1N3c1cccc(-c2cc(C(C)(C)C)cc(C(C)(C)C)c2)c1. The van der Waals surface area contributed by atoms with E-state index in [4.69, 9.17) is 2.74 Å². The summed E-state index contributed by atoms with van der Waals surface area (Å²) >= 11 is 0. The Bertz CT molecular complexity index is 6430. The fourth-order valence-electron chi connectivity index (χ4n) is 15.0. The van der Waals surface area contributed by atoms with Crippen molar-refractivity contribution in [3.05, 3.63) is 282 Å². The van der Waals surface area contributed by atoms with E-state index in [1.807, 2.05) is 42.5 Å². The molecule has 0 unspecified atom stereocenters. The van der Waals surface area contributed by atoms with E-state index >= 15 is 0 Å². The topological polar surface area (TPSA) is 16.3 Å². The van der Waals surface area contributed by atoms with E-state index in [0.29, 0.717) is 22.7 Å². The Balaban J connectivity index is 1.12. The molecule has 2 aliphatic heterocycles. The first kappa shape index (κ1) is 49.4. The van der Waals surface area contributed by atoms with Crippen molar-refractivity contribution in [2.45, 2.75) is 157 Å². The zero-order valence-electron chi connectivity index (χ0n) is 77.3. The van der Waals surface area contributed by atoms with Gasteiger partial charge in [-0.05, 0) is 194 Å². The van der Waals surface area contributed by atoms with Gasteiger partial charge >= 0.3 is 0 Å². The van der Waals surface area contributed by atoms with Gasteiger partial charge in [-0.15, -0.1) is 0 Å². The van der Waals surface area contributed by atoms with E-state index in [-0.39, 0.29) is 87.5 Å². The van der Waals surface area contributed by atoms with E-state index in [2.05, 4.69) is 244 Å². The quantitative estimate of drug-likeness (QED) is 0.148. The highest BCUT2D eigenvalue weighted by atomic mass is 15.2. The maximum atomic E-state index is 10.1. The van der Waals surface area contributed by atoms with Crippen molar-refractivity contribution in [1.82, 2.24) is 9.13 Å². The van der Waals surface area contributed by atoms with Crippen LogP contribution in [-0.4, -0.2) is 15.8 Å². The third kappa shape index (κ3) is 11.3. The van der Waals surface area contributed by atoms with Gasteiger partial charge in [-0.1, -0.05) is 294 Å². The van der Waals surface area contributed by atoms with Crippen LogP contribution in [0.1, 0.15) is 180 Å². The minimum atomic E-state index is -0.710. The molecule has 0 saturated heterocycles. The molecule has 101 heavy (non-hydrogen) atoms. The van der Waals surface area contributed by atoms with Gasteiger partial charge in [0.25, 0.3) is 6.71 Å². The van der Waals surface area contributed by atoms with E-state index in [1.165, 1.54) is 4.57 Å². The molecular weight excluding hydrogens is 1220 g/mol. The first-order valence-corrected chi connectivity index (χ1v) is 35.3. The third-order valence-corrected chi connectivity index (χ3v) is 20.8. The number of hydrogen-bond donors (Lipinski definition) is 0. The minimum absolute atomic E-state index is 0.0653. The molecule has 0 fully saturated rings. The maximum absolute atomic E-state index is 10.1. The lowest BCUT2D eigenvalue weighted by molar-refractivity contribution is 0.568. The highest BCUT2D eigenvalue weighted by Gasteiger charge is 2.45. The lowest BCUT2D eigenvalue weighted by Gasteiger charge is -2.45. The smallest absolute Gasteiger partial charge is 0.252 e. The van der Waals surface area contributed by atoms with Crippen molar-refractivity contribution in [2.75, 3.05) is 9.80 Å². The van der Waals surface area contributed by atoms with Crippen molar-refractivity contribution in [3.63, 3.8) is 0 Å². The van der Waals surface area contributed by atoms with Gasteiger partial charge in [0.15, 0.2) is 0 Å². The second kappa shape index (κ2) is 23.2. The van der Waals surface area contributed by atoms with Crippen molar-refractivity contribution in [3.8, 4) is 44.8 Å². The van der Waals surface area contributed by atoms with Gasteiger partial charge in [0, 0.05) is 61.4 Å². The number of anilines is 6. The summed E-state index contributed by atoms with van der Waals surface area (Å²) in [4.78, 5) is 4.40. The predicted octanol–water partition coefficient (Wildman–Crippen LogP) is 24.7. The van der Waals surface area contributed by atoms with Crippen LogP contribution in [0, 0.1) is 0 Å². The van der Waals surface area contributed by atoms with Crippen LogP contribution >= 0.6 is 0 Å². The van der Waals surface area contributed by atoms with Crippen LogP contribution in [-0.2, 0) is 32.5 Å². The number of benzene rings is 12. The van der Waals surface area contributed by atoms with Crippen LogP contribution < -0.4 is 26.2 Å². The number of hydrogen-bond acceptors (Lipinski definition) is 2. The Morgan fingerprint density at radius 3 is 0.901 bits per heavy atom. The summed E-state index contributed by atoms with van der Waals surface area (Å²) in [6.07, 6.45) is 0. The summed E-state index contributed by atoms with van der Waals surface area (Å²) in [5, 5.41) is -0.362. The fraction of sp³-hybridized carbons (Fsp3) is 0.250. The maximum Gasteiger partial charge on any atom is 0.252 e. The van der Waals surface area contributed by atoms with Crippen LogP contribution in [0.25, 0.3) is 88.4 Å². The van der Waals surface area contributed by atoms with Crippen LogP contribution in [0.2, 0.25) is 0 Å². The van der Waals surface area contributed by atoms with E-state index in [9.17, 15) is 19.2 Å². The first-order valence-electron chi connectivity index (χ1n) is 43.3. The number of aromatic nitrogens is 2. The van der Waals surface area contributed by atoms with Crippen molar-refractivity contribution in [1.29, 1.82) is 0 Å². The molecule has 2 aromatic heterocycles. The van der Waals surface area contributed by atoms with Crippen molar-refractivity contribution < 1.29 is 21.9 Å². The van der Waals surface area contributed by atoms with E-state index < -0.39 is 103 Å². The molecule has 0 spiro atoms. The first-order chi connectivity index (χ1) is 54.5. The van der Waals surface area contributed by atoms with E-state index in [1.54, 1.807) is 4.57 Å². The molecule has 0 amide bonds. The van der Waals surface area contributed by atoms with Crippen molar-refractivity contribution >= 4 is 101 Å². The number of para-hydroxylation sites is 4. The number of nitrogens with zero attached hydrogens (tertiary/aromatic N) is 4. The summed E-state index contributed by atoms with van der Waals surface area (Å²) in [6, 6.07) is 45.2. The van der Waals surface area contributed by atoms with Gasteiger partial charge in [0.2, 0.25) is 0 Å². The molecule has 0 radical (unpaired) electrons. The van der Waals surface area contributed by atoms with Gasteiger partial charge in [0.1, 0.15) is 0 Å². The molecule has 0 bridgehead atoms. The van der Waals surface area contributed by atoms with Crippen LogP contribution in [0.15, 0.2) is 248 Å². The molecule has 12 aromatic carbocycles. The molecule has 4 nitrogen and oxygen atoms in total. The summed E-state index contributed by atoms with van der Waals surface area (Å²) < 4.78 is 155. The van der Waals surface area contributed by atoms with Crippen molar-refractivity contribution in [2.24, 2.45) is 0 Å². The molecule has 502 valence electrons. The Hall–Kier alpha value is -10.1. The van der Waals surface area contributed by atoms with Gasteiger partial charge in [-0.25, -0.2) is 0 Å². The number of rotatable bonds is 7. The van der Waals surface area contributed by atoms with Gasteiger partial charge in [-0.3, -0.25) is 0 Å². The summed E-state index contributed by atoms with van der Waals surface area (Å²) in [5.74, 6) is 0. The number of fused-ring (bicyclic) bond motifs is 10. The monoisotopic (exact) mass is 1330 g/mol.